The summed E-state index contributed by atoms with van der Waals surface area (Å²) in [6, 6.07) is 9.48. The number of carbonyl (C=O) groups excluding carboxylic acids is 2. The zero-order valence-corrected chi connectivity index (χ0v) is 14.6. The summed E-state index contributed by atoms with van der Waals surface area (Å²) in [5.74, 6) is -0.220. The van der Waals surface area contributed by atoms with Crippen molar-refractivity contribution in [3.63, 3.8) is 0 Å². The molecule has 2 rings (SSSR count). The maximum Gasteiger partial charge on any atom is 0.321 e. The molecule has 0 radical (unpaired) electrons. The number of hydrogen-bond acceptors (Lipinski definition) is 2. The third kappa shape index (κ3) is 6.71. The lowest BCUT2D eigenvalue weighted by molar-refractivity contribution is -0.708. The van der Waals surface area contributed by atoms with Gasteiger partial charge >= 0.3 is 6.03 Å². The Balaban J connectivity index is 1.70. The zero-order valence-electron chi connectivity index (χ0n) is 14.6. The summed E-state index contributed by atoms with van der Waals surface area (Å²) < 4.78 is 0. The van der Waals surface area contributed by atoms with Gasteiger partial charge in [-0.2, -0.15) is 0 Å². The number of amides is 3. The summed E-state index contributed by atoms with van der Waals surface area (Å²) in [6.07, 6.45) is 8.75. The molecule has 4 N–H and O–H groups in total. The summed E-state index contributed by atoms with van der Waals surface area (Å²) in [5, 5.41) is 7.30. The van der Waals surface area contributed by atoms with Gasteiger partial charge in [0.1, 0.15) is 0 Å². The van der Waals surface area contributed by atoms with Gasteiger partial charge in [-0.1, -0.05) is 49.6 Å². The van der Waals surface area contributed by atoms with Gasteiger partial charge in [-0.05, 0) is 38.2 Å². The van der Waals surface area contributed by atoms with E-state index in [1.54, 1.807) is 0 Å². The molecule has 1 atom stereocenters. The number of imide groups is 1. The number of nitrogens with two attached hydrogens (primary N) is 1. The van der Waals surface area contributed by atoms with Crippen LogP contribution in [0.1, 0.15) is 57.4 Å². The molecule has 3 amide bonds. The number of rotatable bonds is 5. The highest BCUT2D eigenvalue weighted by Crippen LogP contribution is 2.15. The van der Waals surface area contributed by atoms with Crippen LogP contribution in [-0.2, 0) is 11.3 Å². The van der Waals surface area contributed by atoms with Gasteiger partial charge in [-0.3, -0.25) is 10.1 Å². The van der Waals surface area contributed by atoms with Gasteiger partial charge in [-0.15, -0.1) is 0 Å². The van der Waals surface area contributed by atoms with E-state index in [2.05, 4.69) is 16.0 Å². The van der Waals surface area contributed by atoms with Crippen molar-refractivity contribution < 1.29 is 14.9 Å². The Kier molecular flexibility index (Phi) is 7.75. The highest BCUT2D eigenvalue weighted by Gasteiger charge is 2.23. The second-order valence-electron chi connectivity index (χ2n) is 6.74. The van der Waals surface area contributed by atoms with Crippen molar-refractivity contribution in [2.24, 2.45) is 0 Å². The first-order valence-corrected chi connectivity index (χ1v) is 9.13. The Labute approximate surface area is 144 Å². The molecule has 1 fully saturated rings. The summed E-state index contributed by atoms with van der Waals surface area (Å²) >= 11 is 0. The number of benzene rings is 1. The average Bonchev–Trinajstić information content (AvgIpc) is 2.56. The highest BCUT2D eigenvalue weighted by atomic mass is 16.2. The fraction of sp³-hybridized carbons (Fsp3) is 0.579. The van der Waals surface area contributed by atoms with E-state index < -0.39 is 6.03 Å². The molecule has 1 aromatic rings. The smallest absolute Gasteiger partial charge is 0.321 e. The normalized spacial score (nSPS) is 17.4. The largest absolute Gasteiger partial charge is 0.334 e. The lowest BCUT2D eigenvalue weighted by Crippen LogP contribution is -2.96. The van der Waals surface area contributed by atoms with E-state index in [9.17, 15) is 9.59 Å². The van der Waals surface area contributed by atoms with Crippen LogP contribution in [0, 0.1) is 0 Å². The molecule has 0 bridgehead atoms. The van der Waals surface area contributed by atoms with Gasteiger partial charge in [-0.25, -0.2) is 4.79 Å². The predicted octanol–water partition coefficient (Wildman–Crippen LogP) is 2.08. The van der Waals surface area contributed by atoms with Crippen molar-refractivity contribution in [2.45, 2.75) is 70.5 Å². The summed E-state index contributed by atoms with van der Waals surface area (Å²) in [4.78, 5) is 24.1. The van der Waals surface area contributed by atoms with E-state index in [0.29, 0.717) is 12.6 Å². The van der Waals surface area contributed by atoms with E-state index in [4.69, 9.17) is 0 Å². The quantitative estimate of drug-likeness (QED) is 0.772. The number of urea groups is 1. The third-order valence-corrected chi connectivity index (χ3v) is 4.66. The van der Waals surface area contributed by atoms with Crippen LogP contribution in [0.5, 0.6) is 0 Å². The molecule has 0 saturated heterocycles. The number of nitrogens with one attached hydrogen (secondary N) is 2. The first kappa shape index (κ1) is 18.5. The van der Waals surface area contributed by atoms with Crippen LogP contribution >= 0.6 is 0 Å². The molecule has 1 aliphatic rings. The van der Waals surface area contributed by atoms with Gasteiger partial charge in [0.25, 0.3) is 5.91 Å². The van der Waals surface area contributed by atoms with Gasteiger partial charge in [0.15, 0.2) is 6.04 Å². The van der Waals surface area contributed by atoms with Gasteiger partial charge in [0.2, 0.25) is 0 Å². The fourth-order valence-corrected chi connectivity index (χ4v) is 3.22. The molecule has 5 nitrogen and oxygen atoms in total. The molecule has 0 unspecified atom stereocenters. The Morgan fingerprint density at radius 1 is 1.08 bits per heavy atom. The molecular weight excluding hydrogens is 302 g/mol. The van der Waals surface area contributed by atoms with Crippen molar-refractivity contribution in [3.8, 4) is 0 Å². The SMILES string of the molecule is C[C@@H]([NH2+]C1CCCCCCC1)C(=O)NC(=O)NCc1ccccc1. The molecule has 0 spiro atoms. The molecule has 0 heterocycles. The number of quaternary nitrogens is 1. The topological polar surface area (TPSA) is 74.8 Å². The summed E-state index contributed by atoms with van der Waals surface area (Å²) in [7, 11) is 0. The van der Waals surface area contributed by atoms with Crippen LogP contribution in [0.2, 0.25) is 0 Å². The zero-order chi connectivity index (χ0) is 17.2. The Morgan fingerprint density at radius 3 is 2.38 bits per heavy atom. The molecule has 24 heavy (non-hydrogen) atoms. The van der Waals surface area contributed by atoms with Crippen molar-refractivity contribution >= 4 is 11.9 Å². The average molecular weight is 332 g/mol. The first-order chi connectivity index (χ1) is 11.6. The van der Waals surface area contributed by atoms with Gasteiger partial charge in [0.05, 0.1) is 6.04 Å². The number of hydrogen-bond donors (Lipinski definition) is 3. The number of carbonyl (C=O) groups is 2. The van der Waals surface area contributed by atoms with Crippen LogP contribution in [0.25, 0.3) is 0 Å². The van der Waals surface area contributed by atoms with Crippen LogP contribution in [-0.4, -0.2) is 24.0 Å². The molecule has 1 aliphatic carbocycles. The minimum atomic E-state index is -0.429. The van der Waals surface area contributed by atoms with Crippen molar-refractivity contribution in [1.29, 1.82) is 0 Å². The lowest BCUT2D eigenvalue weighted by Gasteiger charge is -2.21. The molecule has 1 saturated carbocycles. The molecule has 1 aromatic carbocycles. The maximum atomic E-state index is 12.2. The lowest BCUT2D eigenvalue weighted by atomic mass is 9.96. The molecule has 0 aromatic heterocycles. The molecular formula is C19H30N3O2+. The Bertz CT molecular complexity index is 511. The van der Waals surface area contributed by atoms with Gasteiger partial charge < -0.3 is 10.6 Å². The molecule has 0 aliphatic heterocycles. The summed E-state index contributed by atoms with van der Waals surface area (Å²) in [6.45, 7) is 2.29. The molecule has 132 valence electrons. The maximum absolute atomic E-state index is 12.2. The minimum Gasteiger partial charge on any atom is -0.334 e. The highest BCUT2D eigenvalue weighted by molar-refractivity contribution is 5.96. The van der Waals surface area contributed by atoms with E-state index in [1.165, 1.54) is 32.1 Å². The van der Waals surface area contributed by atoms with Crippen molar-refractivity contribution in [1.82, 2.24) is 10.6 Å². The second kappa shape index (κ2) is 10.1. The second-order valence-corrected chi connectivity index (χ2v) is 6.74. The van der Waals surface area contributed by atoms with Crippen molar-refractivity contribution in [3.05, 3.63) is 35.9 Å². The van der Waals surface area contributed by atoms with Crippen LogP contribution < -0.4 is 16.0 Å². The first-order valence-electron chi connectivity index (χ1n) is 9.13. The Hall–Kier alpha value is -1.88. The van der Waals surface area contributed by atoms with E-state index in [0.717, 1.165) is 18.4 Å². The van der Waals surface area contributed by atoms with Crippen LogP contribution in [0.4, 0.5) is 4.79 Å². The van der Waals surface area contributed by atoms with E-state index in [-0.39, 0.29) is 11.9 Å². The van der Waals surface area contributed by atoms with E-state index in [1.807, 2.05) is 37.3 Å². The van der Waals surface area contributed by atoms with Crippen molar-refractivity contribution in [2.75, 3.05) is 0 Å². The predicted molar refractivity (Wildman–Crippen MR) is 94.3 cm³/mol. The summed E-state index contributed by atoms with van der Waals surface area (Å²) in [5.41, 5.74) is 1.01. The van der Waals surface area contributed by atoms with E-state index >= 15 is 0 Å². The standard InChI is InChI=1S/C19H29N3O2/c1-15(21-17-12-8-3-2-4-9-13-17)18(23)22-19(24)20-14-16-10-6-5-7-11-16/h5-7,10-11,15,17,21H,2-4,8-9,12-14H2,1H3,(H2,20,22,23,24)/p+1/t15-/m1/s1. The molecule has 5 heteroatoms. The monoisotopic (exact) mass is 332 g/mol. The minimum absolute atomic E-state index is 0.220. The van der Waals surface area contributed by atoms with Crippen LogP contribution in [0.3, 0.4) is 0 Å². The Morgan fingerprint density at radius 2 is 1.71 bits per heavy atom. The third-order valence-electron chi connectivity index (χ3n) is 4.66. The fourth-order valence-electron chi connectivity index (χ4n) is 3.22. The van der Waals surface area contributed by atoms with Crippen LogP contribution in [0.15, 0.2) is 30.3 Å². The van der Waals surface area contributed by atoms with Gasteiger partial charge in [0, 0.05) is 6.54 Å².